The van der Waals surface area contributed by atoms with E-state index in [-0.39, 0.29) is 11.4 Å². The molecule has 0 bridgehead atoms. The quantitative estimate of drug-likeness (QED) is 0.288. The van der Waals surface area contributed by atoms with Crippen molar-refractivity contribution in [3.05, 3.63) is 39.8 Å². The lowest BCUT2D eigenvalue weighted by Gasteiger charge is -1.94. The zero-order chi connectivity index (χ0) is 8.97. The third-order valence-corrected chi connectivity index (χ3v) is 1.15. The molecule has 0 aromatic heterocycles. The summed E-state index contributed by atoms with van der Waals surface area (Å²) in [5.41, 5.74) is 8.55. The van der Waals surface area contributed by atoms with Gasteiger partial charge >= 0.3 is 5.70 Å². The predicted molar refractivity (Wildman–Crippen MR) is 40.3 cm³/mol. The molecule has 1 aliphatic rings. The predicted octanol–water partition coefficient (Wildman–Crippen LogP) is 1.26. The van der Waals surface area contributed by atoms with Gasteiger partial charge in [-0.15, -0.1) is 5.10 Å². The van der Waals surface area contributed by atoms with Crippen molar-refractivity contribution in [2.75, 3.05) is 0 Å². The minimum Gasteiger partial charge on any atom is -0.258 e. The molecule has 0 amide bonds. The highest BCUT2D eigenvalue weighted by molar-refractivity contribution is 6.07. The Morgan fingerprint density at radius 2 is 2.42 bits per heavy atom. The van der Waals surface area contributed by atoms with Gasteiger partial charge in [0.2, 0.25) is 0 Å². The summed E-state index contributed by atoms with van der Waals surface area (Å²) in [7, 11) is 0. The van der Waals surface area contributed by atoms with Crippen molar-refractivity contribution in [2.45, 2.75) is 0 Å². The summed E-state index contributed by atoms with van der Waals surface area (Å²) in [4.78, 5) is 9.69. The maximum absolute atomic E-state index is 10.3. The van der Waals surface area contributed by atoms with Gasteiger partial charge in [0.1, 0.15) is 0 Å². The Hall–Kier alpha value is -2.07. The number of nitrogens with zero attached hydrogens (tertiary/aromatic N) is 3. The first-order valence-electron chi connectivity index (χ1n) is 2.98. The lowest BCUT2D eigenvalue weighted by atomic mass is 10.2. The van der Waals surface area contributed by atoms with Crippen LogP contribution in [0.5, 0.6) is 0 Å². The van der Waals surface area contributed by atoms with Crippen molar-refractivity contribution in [3.63, 3.8) is 0 Å². The minimum absolute atomic E-state index is 0.0394. The van der Waals surface area contributed by atoms with Gasteiger partial charge in [-0.3, -0.25) is 10.1 Å². The molecule has 1 rings (SSSR count). The van der Waals surface area contributed by atoms with Gasteiger partial charge in [-0.2, -0.15) is 5.53 Å². The van der Waals surface area contributed by atoms with Crippen LogP contribution in [0.2, 0.25) is 0 Å². The molecule has 6 nitrogen and oxygen atoms in total. The monoisotopic (exact) mass is 164 g/mol. The minimum atomic E-state index is -0.621. The Bertz CT molecular complexity index is 347. The maximum Gasteiger partial charge on any atom is 0.339 e. The first kappa shape index (κ1) is 8.03. The molecule has 0 saturated heterocycles. The Kier molecular flexibility index (Phi) is 2.25. The fraction of sp³-hybridized carbons (Fsp3) is 0. The van der Waals surface area contributed by atoms with Gasteiger partial charge < -0.3 is 0 Å². The van der Waals surface area contributed by atoms with Crippen molar-refractivity contribution in [1.82, 2.24) is 0 Å². The number of rotatable bonds is 2. The summed E-state index contributed by atoms with van der Waals surface area (Å²) in [5.74, 6) is 0. The van der Waals surface area contributed by atoms with E-state index in [1.165, 1.54) is 18.2 Å². The second kappa shape index (κ2) is 3.36. The fourth-order valence-electron chi connectivity index (χ4n) is 0.700. The summed E-state index contributed by atoms with van der Waals surface area (Å²) >= 11 is 0. The molecule has 60 valence electrons. The van der Waals surface area contributed by atoms with E-state index in [1.54, 1.807) is 0 Å². The maximum atomic E-state index is 10.3. The van der Waals surface area contributed by atoms with E-state index in [9.17, 15) is 10.1 Å². The number of nitrogens with one attached hydrogen (secondary N) is 1. The average Bonchev–Trinajstić information content (AvgIpc) is 2.05. The van der Waals surface area contributed by atoms with E-state index in [2.05, 4.69) is 16.1 Å². The molecule has 1 N–H and O–H groups in total. The van der Waals surface area contributed by atoms with Crippen molar-refractivity contribution in [3.8, 4) is 0 Å². The summed E-state index contributed by atoms with van der Waals surface area (Å²) < 4.78 is 0. The van der Waals surface area contributed by atoms with Crippen LogP contribution >= 0.6 is 0 Å². The van der Waals surface area contributed by atoms with E-state index in [0.717, 1.165) is 0 Å². The lowest BCUT2D eigenvalue weighted by molar-refractivity contribution is -0.414. The molecule has 0 spiro atoms. The molecule has 1 aliphatic carbocycles. The van der Waals surface area contributed by atoms with Crippen LogP contribution in [0.15, 0.2) is 40.0 Å². The number of allylic oxidation sites excluding steroid dienone is 2. The molecule has 0 radical (unpaired) electrons. The highest BCUT2D eigenvalue weighted by atomic mass is 16.6. The molecular weight excluding hydrogens is 160 g/mol. The zero-order valence-corrected chi connectivity index (χ0v) is 5.89. The second-order valence-electron chi connectivity index (χ2n) is 1.86. The van der Waals surface area contributed by atoms with E-state index in [1.807, 2.05) is 0 Å². The van der Waals surface area contributed by atoms with Crippen LogP contribution in [0.4, 0.5) is 0 Å². The Balaban J connectivity index is 3.13. The molecular formula is C6H4N4O2. The molecule has 0 atom stereocenters. The molecule has 0 aromatic rings. The SMILES string of the molecule is N=NN=C1C=CC=C=C1[N+](=O)[O-]. The molecule has 6 heteroatoms. The summed E-state index contributed by atoms with van der Waals surface area (Å²) in [6.07, 6.45) is 4.34. The molecule has 0 fully saturated rings. The van der Waals surface area contributed by atoms with Crippen molar-refractivity contribution < 1.29 is 4.92 Å². The van der Waals surface area contributed by atoms with Crippen LogP contribution in [0, 0.1) is 15.6 Å². The van der Waals surface area contributed by atoms with Crippen LogP contribution in [0.3, 0.4) is 0 Å². The summed E-state index contributed by atoms with van der Waals surface area (Å²) in [6.45, 7) is 0. The standard InChI is InChI=1S/C6H4N4O2/c7-9-8-5-3-1-2-4-6(5)10(11)12/h1-3,7H. The lowest BCUT2D eigenvalue weighted by Crippen LogP contribution is -2.09. The number of hydrogen-bond acceptors (Lipinski definition) is 4. The summed E-state index contributed by atoms with van der Waals surface area (Å²) in [6, 6.07) is 0. The summed E-state index contributed by atoms with van der Waals surface area (Å²) in [5, 5.41) is 16.3. The Morgan fingerprint density at radius 1 is 1.67 bits per heavy atom. The molecule has 0 unspecified atom stereocenters. The van der Waals surface area contributed by atoms with Crippen molar-refractivity contribution in [1.29, 1.82) is 5.53 Å². The Morgan fingerprint density at radius 3 is 3.00 bits per heavy atom. The van der Waals surface area contributed by atoms with Gasteiger partial charge in [0.25, 0.3) is 0 Å². The molecule has 0 aromatic carbocycles. The first-order chi connectivity index (χ1) is 5.75. The first-order valence-corrected chi connectivity index (χ1v) is 2.98. The number of hydrogen-bond donors (Lipinski definition) is 1. The third kappa shape index (κ3) is 1.50. The van der Waals surface area contributed by atoms with E-state index in [4.69, 9.17) is 5.53 Å². The largest absolute Gasteiger partial charge is 0.339 e. The van der Waals surface area contributed by atoms with Gasteiger partial charge in [-0.25, -0.2) is 0 Å². The van der Waals surface area contributed by atoms with Crippen LogP contribution < -0.4 is 0 Å². The topological polar surface area (TPSA) is 91.7 Å². The van der Waals surface area contributed by atoms with Crippen LogP contribution in [-0.4, -0.2) is 10.6 Å². The van der Waals surface area contributed by atoms with Gasteiger partial charge in [0.05, 0.1) is 4.92 Å². The molecule has 0 saturated carbocycles. The normalized spacial score (nSPS) is 17.7. The second-order valence-corrected chi connectivity index (χ2v) is 1.86. The van der Waals surface area contributed by atoms with E-state index >= 15 is 0 Å². The van der Waals surface area contributed by atoms with Gasteiger partial charge in [-0.05, 0) is 17.9 Å². The smallest absolute Gasteiger partial charge is 0.258 e. The van der Waals surface area contributed by atoms with E-state index < -0.39 is 4.92 Å². The van der Waals surface area contributed by atoms with Crippen molar-refractivity contribution in [2.24, 2.45) is 10.3 Å². The number of nitro groups is 1. The van der Waals surface area contributed by atoms with Gasteiger partial charge in [-0.1, -0.05) is 11.3 Å². The highest BCUT2D eigenvalue weighted by Crippen LogP contribution is 2.04. The van der Waals surface area contributed by atoms with Crippen LogP contribution in [-0.2, 0) is 0 Å². The molecule has 0 aliphatic heterocycles. The fourth-order valence-corrected chi connectivity index (χ4v) is 0.700. The third-order valence-electron chi connectivity index (χ3n) is 1.15. The van der Waals surface area contributed by atoms with Gasteiger partial charge in [0, 0.05) is 0 Å². The zero-order valence-electron chi connectivity index (χ0n) is 5.89. The van der Waals surface area contributed by atoms with E-state index in [0.29, 0.717) is 0 Å². The van der Waals surface area contributed by atoms with Crippen LogP contribution in [0.1, 0.15) is 0 Å². The Labute approximate surface area is 67.2 Å². The highest BCUT2D eigenvalue weighted by Gasteiger charge is 2.17. The van der Waals surface area contributed by atoms with Gasteiger partial charge in [0.15, 0.2) is 5.71 Å². The van der Waals surface area contributed by atoms with Crippen LogP contribution in [0.25, 0.3) is 0 Å². The average molecular weight is 164 g/mol. The van der Waals surface area contributed by atoms with Crippen molar-refractivity contribution >= 4 is 5.71 Å². The molecule has 0 heterocycles. The molecule has 12 heavy (non-hydrogen) atoms.